The fourth-order valence-electron chi connectivity index (χ4n) is 3.51. The van der Waals surface area contributed by atoms with Crippen molar-refractivity contribution in [3.05, 3.63) is 0 Å². The Hall–Kier alpha value is -0.840. The Morgan fingerprint density at radius 2 is 1.35 bits per heavy atom. The molecular weight excluding hydrogens is 208 g/mol. The summed E-state index contributed by atoms with van der Waals surface area (Å²) in [5.41, 5.74) is 1.42. The van der Waals surface area contributed by atoms with E-state index in [4.69, 9.17) is 5.26 Å². The number of rotatable bonds is 3. The van der Waals surface area contributed by atoms with Crippen molar-refractivity contribution in [2.45, 2.75) is 64.2 Å². The van der Waals surface area contributed by atoms with Crippen LogP contribution in [0.3, 0.4) is 0 Å². The summed E-state index contributed by atoms with van der Waals surface area (Å²) in [5.74, 6) is 1.42. The number of nitrogens with zero attached hydrogens (tertiary/aromatic N) is 2. The second kappa shape index (κ2) is 6.79. The molecule has 94 valence electrons. The van der Waals surface area contributed by atoms with E-state index in [1.54, 1.807) is 0 Å². The highest BCUT2D eigenvalue weighted by Gasteiger charge is 2.26. The largest absolute Gasteiger partial charge is 0.278 e. The van der Waals surface area contributed by atoms with Crippen LogP contribution in [0.25, 0.3) is 0 Å². The van der Waals surface area contributed by atoms with Gasteiger partial charge in [0.15, 0.2) is 0 Å². The van der Waals surface area contributed by atoms with E-state index >= 15 is 0 Å². The van der Waals surface area contributed by atoms with Crippen LogP contribution in [0.4, 0.5) is 0 Å². The zero-order valence-corrected chi connectivity index (χ0v) is 10.8. The number of hydrogen-bond acceptors (Lipinski definition) is 2. The molecular formula is C15H24N2. The van der Waals surface area contributed by atoms with Gasteiger partial charge in [0.25, 0.3) is 0 Å². The van der Waals surface area contributed by atoms with Crippen molar-refractivity contribution in [3.63, 3.8) is 0 Å². The van der Waals surface area contributed by atoms with Gasteiger partial charge < -0.3 is 0 Å². The average molecular weight is 232 g/mol. The van der Waals surface area contributed by atoms with E-state index in [9.17, 15) is 0 Å². The fourth-order valence-corrected chi connectivity index (χ4v) is 3.51. The zero-order chi connectivity index (χ0) is 11.9. The fraction of sp³-hybridized carbons (Fsp3) is 0.867. The van der Waals surface area contributed by atoms with Crippen molar-refractivity contribution in [2.75, 3.05) is 6.54 Å². The van der Waals surface area contributed by atoms with Crippen molar-refractivity contribution in [2.24, 2.45) is 16.8 Å². The first-order valence-corrected chi connectivity index (χ1v) is 7.33. The number of nitriles is 1. The van der Waals surface area contributed by atoms with E-state index in [-0.39, 0.29) is 0 Å². The molecule has 2 fully saturated rings. The molecule has 0 aliphatic heterocycles. The molecule has 2 heteroatoms. The lowest BCUT2D eigenvalue weighted by Crippen LogP contribution is -2.27. The van der Waals surface area contributed by atoms with Gasteiger partial charge in [0, 0.05) is 5.71 Å². The highest BCUT2D eigenvalue weighted by Crippen LogP contribution is 2.33. The van der Waals surface area contributed by atoms with E-state index in [0.717, 1.165) is 0 Å². The first-order chi connectivity index (χ1) is 8.42. The van der Waals surface area contributed by atoms with Crippen LogP contribution < -0.4 is 0 Å². The summed E-state index contributed by atoms with van der Waals surface area (Å²) < 4.78 is 0. The van der Waals surface area contributed by atoms with Crippen LogP contribution in [0.2, 0.25) is 0 Å². The molecule has 0 atom stereocenters. The summed E-state index contributed by atoms with van der Waals surface area (Å²) in [6, 6.07) is 2.19. The Morgan fingerprint density at radius 3 is 1.76 bits per heavy atom. The quantitative estimate of drug-likeness (QED) is 0.533. The van der Waals surface area contributed by atoms with Crippen molar-refractivity contribution in [1.29, 1.82) is 5.26 Å². The molecule has 0 saturated heterocycles. The van der Waals surface area contributed by atoms with Crippen molar-refractivity contribution >= 4 is 5.71 Å². The lowest BCUT2D eigenvalue weighted by Gasteiger charge is -2.31. The van der Waals surface area contributed by atoms with Gasteiger partial charge in [-0.3, -0.25) is 4.99 Å². The summed E-state index contributed by atoms with van der Waals surface area (Å²) in [5, 5.41) is 8.75. The van der Waals surface area contributed by atoms with Crippen LogP contribution in [0, 0.1) is 23.2 Å². The smallest absolute Gasteiger partial charge is 0.126 e. The molecule has 0 N–H and O–H groups in total. The summed E-state index contributed by atoms with van der Waals surface area (Å²) in [6.07, 6.45) is 13.5. The van der Waals surface area contributed by atoms with E-state index in [2.05, 4.69) is 11.1 Å². The molecule has 2 aliphatic carbocycles. The third-order valence-corrected chi connectivity index (χ3v) is 4.38. The van der Waals surface area contributed by atoms with Crippen molar-refractivity contribution in [3.8, 4) is 6.07 Å². The lowest BCUT2D eigenvalue weighted by atomic mass is 9.76. The van der Waals surface area contributed by atoms with E-state index in [1.807, 2.05) is 0 Å². The van der Waals surface area contributed by atoms with Gasteiger partial charge in [0.2, 0.25) is 0 Å². The normalized spacial score (nSPS) is 23.0. The second-order valence-electron chi connectivity index (χ2n) is 5.57. The highest BCUT2D eigenvalue weighted by atomic mass is 14.8. The topological polar surface area (TPSA) is 36.1 Å². The molecule has 2 aliphatic rings. The standard InChI is InChI=1S/C15H24N2/c16-11-12-17-15(13-7-3-1-4-8-13)14-9-5-2-6-10-14/h13-14H,1-10,12H2. The van der Waals surface area contributed by atoms with Gasteiger partial charge >= 0.3 is 0 Å². The molecule has 0 aromatic rings. The molecule has 2 saturated carbocycles. The Morgan fingerprint density at radius 1 is 0.882 bits per heavy atom. The minimum Gasteiger partial charge on any atom is -0.278 e. The average Bonchev–Trinajstić information content (AvgIpc) is 2.42. The summed E-state index contributed by atoms with van der Waals surface area (Å²) in [4.78, 5) is 4.65. The van der Waals surface area contributed by atoms with Gasteiger partial charge in [-0.2, -0.15) is 5.26 Å². The Bertz CT molecular complexity index is 269. The van der Waals surface area contributed by atoms with E-state index < -0.39 is 0 Å². The molecule has 0 spiro atoms. The molecule has 0 amide bonds. The Labute approximate surface area is 105 Å². The SMILES string of the molecule is N#CCN=C(C1CCCCC1)C1CCCCC1. The van der Waals surface area contributed by atoms with Crippen LogP contribution in [0.15, 0.2) is 4.99 Å². The van der Waals surface area contributed by atoms with Gasteiger partial charge in [-0.15, -0.1) is 0 Å². The van der Waals surface area contributed by atoms with Gasteiger partial charge in [-0.1, -0.05) is 38.5 Å². The predicted octanol–water partition coefficient (Wildman–Crippen LogP) is 4.11. The molecule has 0 aromatic heterocycles. The zero-order valence-electron chi connectivity index (χ0n) is 10.8. The van der Waals surface area contributed by atoms with E-state index in [1.165, 1.54) is 69.9 Å². The molecule has 0 aromatic carbocycles. The highest BCUT2D eigenvalue weighted by molar-refractivity contribution is 5.89. The van der Waals surface area contributed by atoms with Crippen molar-refractivity contribution < 1.29 is 0 Å². The molecule has 0 radical (unpaired) electrons. The Balaban J connectivity index is 2.03. The molecule has 0 bridgehead atoms. The summed E-state index contributed by atoms with van der Waals surface area (Å²) >= 11 is 0. The maximum atomic E-state index is 8.75. The van der Waals surface area contributed by atoms with Crippen LogP contribution >= 0.6 is 0 Å². The number of aliphatic imine (C=N–C) groups is 1. The molecule has 17 heavy (non-hydrogen) atoms. The predicted molar refractivity (Wildman–Crippen MR) is 71.1 cm³/mol. The maximum absolute atomic E-state index is 8.75. The van der Waals surface area contributed by atoms with Crippen molar-refractivity contribution in [1.82, 2.24) is 0 Å². The molecule has 0 unspecified atom stereocenters. The molecule has 2 nitrogen and oxygen atoms in total. The lowest BCUT2D eigenvalue weighted by molar-refractivity contribution is 0.387. The van der Waals surface area contributed by atoms with Gasteiger partial charge in [0.05, 0.1) is 6.07 Å². The minimum atomic E-state index is 0.377. The van der Waals surface area contributed by atoms with Gasteiger partial charge in [-0.05, 0) is 37.5 Å². The molecule has 2 rings (SSSR count). The third kappa shape index (κ3) is 3.56. The first-order valence-electron chi connectivity index (χ1n) is 7.33. The Kier molecular flexibility index (Phi) is 5.04. The summed E-state index contributed by atoms with van der Waals surface area (Å²) in [7, 11) is 0. The maximum Gasteiger partial charge on any atom is 0.126 e. The van der Waals surface area contributed by atoms with Crippen LogP contribution in [-0.4, -0.2) is 12.3 Å². The third-order valence-electron chi connectivity index (χ3n) is 4.38. The first kappa shape index (κ1) is 12.6. The second-order valence-corrected chi connectivity index (χ2v) is 5.57. The number of hydrogen-bond donors (Lipinski definition) is 0. The van der Waals surface area contributed by atoms with Gasteiger partial charge in [0.1, 0.15) is 6.54 Å². The monoisotopic (exact) mass is 232 g/mol. The molecule has 0 heterocycles. The van der Waals surface area contributed by atoms with E-state index in [0.29, 0.717) is 18.4 Å². The van der Waals surface area contributed by atoms with Crippen LogP contribution in [0.5, 0.6) is 0 Å². The minimum absolute atomic E-state index is 0.377. The van der Waals surface area contributed by atoms with Crippen LogP contribution in [0.1, 0.15) is 64.2 Å². The van der Waals surface area contributed by atoms with Gasteiger partial charge in [-0.25, -0.2) is 0 Å². The van der Waals surface area contributed by atoms with Crippen LogP contribution in [-0.2, 0) is 0 Å². The summed E-state index contributed by atoms with van der Waals surface area (Å²) in [6.45, 7) is 0.377.